The highest BCUT2D eigenvalue weighted by Crippen LogP contribution is 2.33. The van der Waals surface area contributed by atoms with Crippen LogP contribution in [-0.4, -0.2) is 33.1 Å². The number of fused-ring (bicyclic) bond motifs is 1. The molecular weight excluding hydrogens is 358 g/mol. The van der Waals surface area contributed by atoms with E-state index >= 15 is 0 Å². The summed E-state index contributed by atoms with van der Waals surface area (Å²) < 4.78 is 2.14. The van der Waals surface area contributed by atoms with Crippen LogP contribution in [0.25, 0.3) is 22.4 Å². The maximum absolute atomic E-state index is 5.14. The predicted molar refractivity (Wildman–Crippen MR) is 123 cm³/mol. The molecule has 0 aliphatic rings. The molecule has 156 valence electrons. The van der Waals surface area contributed by atoms with Gasteiger partial charge in [-0.1, -0.05) is 27.7 Å². The molecule has 5 heteroatoms. The summed E-state index contributed by atoms with van der Waals surface area (Å²) in [6.07, 6.45) is 8.25. The minimum atomic E-state index is 0.528. The Hall–Kier alpha value is -2.43. The molecular formula is C24H35N5. The molecule has 29 heavy (non-hydrogen) atoms. The highest BCUT2D eigenvalue weighted by atomic mass is 15.1. The number of rotatable bonds is 8. The average molecular weight is 394 g/mol. The van der Waals surface area contributed by atoms with Crippen LogP contribution in [0.3, 0.4) is 0 Å². The smallest absolute Gasteiger partial charge is 0.159 e. The van der Waals surface area contributed by atoms with Crippen molar-refractivity contribution < 1.29 is 0 Å². The Morgan fingerprint density at radius 3 is 2.34 bits per heavy atom. The fourth-order valence-corrected chi connectivity index (χ4v) is 4.08. The first-order valence-corrected chi connectivity index (χ1v) is 11.0. The van der Waals surface area contributed by atoms with Crippen molar-refractivity contribution in [2.24, 2.45) is 7.05 Å². The van der Waals surface area contributed by atoms with Crippen molar-refractivity contribution in [3.05, 3.63) is 35.3 Å². The molecule has 3 heterocycles. The molecule has 0 N–H and O–H groups in total. The molecule has 3 aromatic heterocycles. The summed E-state index contributed by atoms with van der Waals surface area (Å²) in [6.45, 7) is 11.9. The summed E-state index contributed by atoms with van der Waals surface area (Å²) in [5.41, 5.74) is 7.78. The molecule has 0 spiro atoms. The Balaban J connectivity index is 2.21. The fourth-order valence-electron chi connectivity index (χ4n) is 4.08. The van der Waals surface area contributed by atoms with E-state index in [1.807, 2.05) is 6.20 Å². The van der Waals surface area contributed by atoms with Gasteiger partial charge in [-0.15, -0.1) is 0 Å². The number of aryl methyl sites for hydroxylation is 3. The van der Waals surface area contributed by atoms with Crippen LogP contribution < -0.4 is 4.90 Å². The third-order valence-corrected chi connectivity index (χ3v) is 6.13. The molecule has 3 rings (SSSR count). The Kier molecular flexibility index (Phi) is 6.56. The zero-order valence-corrected chi connectivity index (χ0v) is 19.1. The van der Waals surface area contributed by atoms with Gasteiger partial charge in [-0.2, -0.15) is 0 Å². The minimum Gasteiger partial charge on any atom is -0.360 e. The summed E-state index contributed by atoms with van der Waals surface area (Å²) in [6, 6.07) is 2.20. The van der Waals surface area contributed by atoms with Crippen molar-refractivity contribution in [2.45, 2.75) is 66.2 Å². The van der Waals surface area contributed by atoms with Crippen molar-refractivity contribution in [1.82, 2.24) is 19.5 Å². The lowest BCUT2D eigenvalue weighted by atomic mass is 9.95. The van der Waals surface area contributed by atoms with Crippen LogP contribution in [0, 0.1) is 0 Å². The van der Waals surface area contributed by atoms with E-state index in [2.05, 4.69) is 70.4 Å². The summed E-state index contributed by atoms with van der Waals surface area (Å²) in [4.78, 5) is 17.2. The summed E-state index contributed by atoms with van der Waals surface area (Å²) in [5.74, 6) is 1.54. The van der Waals surface area contributed by atoms with Crippen LogP contribution in [0.5, 0.6) is 0 Å². The average Bonchev–Trinajstić information content (AvgIpc) is 3.08. The highest BCUT2D eigenvalue weighted by Gasteiger charge is 2.21. The fraction of sp³-hybridized carbons (Fsp3) is 0.542. The van der Waals surface area contributed by atoms with Crippen LogP contribution in [0.15, 0.2) is 18.5 Å². The van der Waals surface area contributed by atoms with Gasteiger partial charge in [0.2, 0.25) is 0 Å². The van der Waals surface area contributed by atoms with E-state index in [0.717, 1.165) is 66.2 Å². The molecule has 0 amide bonds. The molecule has 0 fully saturated rings. The van der Waals surface area contributed by atoms with Crippen molar-refractivity contribution in [2.75, 3.05) is 18.5 Å². The van der Waals surface area contributed by atoms with Gasteiger partial charge in [0, 0.05) is 44.2 Å². The second-order valence-electron chi connectivity index (χ2n) is 7.82. The van der Waals surface area contributed by atoms with Gasteiger partial charge in [0.25, 0.3) is 0 Å². The standard InChI is InChI=1S/C24H35N5/c1-8-16(9-2)19-15-29(7)24-23(19)26-20(11-4)22(27-24)18-14-25-21(28(6)12-5)13-17(18)10-3/h13-16H,8-12H2,1-7H3. The van der Waals surface area contributed by atoms with E-state index in [1.54, 1.807) is 0 Å². The lowest BCUT2D eigenvalue weighted by Gasteiger charge is -2.18. The molecule has 0 aliphatic carbocycles. The second-order valence-corrected chi connectivity index (χ2v) is 7.82. The number of anilines is 1. The molecule has 0 bridgehead atoms. The van der Waals surface area contributed by atoms with E-state index in [9.17, 15) is 0 Å². The Morgan fingerprint density at radius 1 is 1.03 bits per heavy atom. The molecule has 0 aliphatic heterocycles. The second kappa shape index (κ2) is 8.93. The monoisotopic (exact) mass is 393 g/mol. The molecule has 0 saturated heterocycles. The largest absolute Gasteiger partial charge is 0.360 e. The van der Waals surface area contributed by atoms with Gasteiger partial charge >= 0.3 is 0 Å². The minimum absolute atomic E-state index is 0.528. The first kappa shape index (κ1) is 21.3. The molecule has 0 atom stereocenters. The molecule has 0 unspecified atom stereocenters. The van der Waals surface area contributed by atoms with E-state index in [4.69, 9.17) is 15.0 Å². The zero-order chi connectivity index (χ0) is 21.1. The first-order valence-electron chi connectivity index (χ1n) is 11.0. The van der Waals surface area contributed by atoms with Crippen molar-refractivity contribution in [1.29, 1.82) is 0 Å². The molecule has 0 radical (unpaired) electrons. The lowest BCUT2D eigenvalue weighted by molar-refractivity contribution is 0.643. The Bertz CT molecular complexity index is 985. The molecule has 3 aromatic rings. The van der Waals surface area contributed by atoms with Gasteiger partial charge in [-0.25, -0.2) is 15.0 Å². The van der Waals surface area contributed by atoms with Gasteiger partial charge in [0.05, 0.1) is 11.4 Å². The maximum atomic E-state index is 5.14. The normalized spacial score (nSPS) is 11.6. The first-order chi connectivity index (χ1) is 14.0. The lowest BCUT2D eigenvalue weighted by Crippen LogP contribution is -2.17. The van der Waals surface area contributed by atoms with Crippen LogP contribution in [0.2, 0.25) is 0 Å². The van der Waals surface area contributed by atoms with E-state index < -0.39 is 0 Å². The van der Waals surface area contributed by atoms with Crippen molar-refractivity contribution in [3.63, 3.8) is 0 Å². The van der Waals surface area contributed by atoms with Gasteiger partial charge in [-0.05, 0) is 50.2 Å². The van der Waals surface area contributed by atoms with Gasteiger partial charge < -0.3 is 9.47 Å². The quantitative estimate of drug-likeness (QED) is 0.506. The maximum Gasteiger partial charge on any atom is 0.159 e. The van der Waals surface area contributed by atoms with Crippen LogP contribution in [0.1, 0.15) is 70.2 Å². The zero-order valence-electron chi connectivity index (χ0n) is 19.1. The molecule has 0 saturated carbocycles. The highest BCUT2D eigenvalue weighted by molar-refractivity contribution is 5.81. The van der Waals surface area contributed by atoms with Gasteiger partial charge in [-0.3, -0.25) is 0 Å². The summed E-state index contributed by atoms with van der Waals surface area (Å²) in [7, 11) is 4.16. The Morgan fingerprint density at radius 2 is 1.76 bits per heavy atom. The topological polar surface area (TPSA) is 46.8 Å². The van der Waals surface area contributed by atoms with E-state index in [-0.39, 0.29) is 0 Å². The predicted octanol–water partition coefficient (Wildman–Crippen LogP) is 5.51. The van der Waals surface area contributed by atoms with Gasteiger partial charge in [0.1, 0.15) is 11.3 Å². The SMILES string of the molecule is CCc1cc(N(C)CC)ncc1-c1nc2c(nc1CC)c(C(CC)CC)cn2C. The third-order valence-electron chi connectivity index (χ3n) is 6.13. The number of aromatic nitrogens is 4. The van der Waals surface area contributed by atoms with Gasteiger partial charge in [0.15, 0.2) is 5.65 Å². The van der Waals surface area contributed by atoms with Crippen LogP contribution >= 0.6 is 0 Å². The van der Waals surface area contributed by atoms with Crippen molar-refractivity contribution in [3.8, 4) is 11.3 Å². The summed E-state index contributed by atoms with van der Waals surface area (Å²) >= 11 is 0. The van der Waals surface area contributed by atoms with Crippen LogP contribution in [-0.2, 0) is 19.9 Å². The third kappa shape index (κ3) is 3.87. The number of pyridine rings is 1. The number of hydrogen-bond donors (Lipinski definition) is 0. The molecule has 0 aromatic carbocycles. The summed E-state index contributed by atoms with van der Waals surface area (Å²) in [5, 5.41) is 0. The Labute approximate surface area is 175 Å². The van der Waals surface area contributed by atoms with E-state index in [0.29, 0.717) is 5.92 Å². The van der Waals surface area contributed by atoms with Crippen LogP contribution in [0.4, 0.5) is 5.82 Å². The molecule has 5 nitrogen and oxygen atoms in total. The van der Waals surface area contributed by atoms with E-state index in [1.165, 1.54) is 11.1 Å². The van der Waals surface area contributed by atoms with Crippen molar-refractivity contribution >= 4 is 17.0 Å². The number of nitrogens with zero attached hydrogens (tertiary/aromatic N) is 5. The number of hydrogen-bond acceptors (Lipinski definition) is 4.